The standard InChI is InChI=1S/C10H12N2O4S/c1-5(13)11-3-2-6-9(10(15)16)12-7(14)4-8(12)17-6/h8H,2-4H2,1H3,(H,11,13)(H,15,16). The van der Waals surface area contributed by atoms with E-state index in [9.17, 15) is 14.4 Å². The predicted molar refractivity (Wildman–Crippen MR) is 60.8 cm³/mol. The third kappa shape index (κ3) is 2.14. The van der Waals surface area contributed by atoms with Crippen LogP contribution in [0.2, 0.25) is 0 Å². The largest absolute Gasteiger partial charge is 0.477 e. The maximum atomic E-state index is 11.3. The van der Waals surface area contributed by atoms with Gasteiger partial charge in [-0.1, -0.05) is 0 Å². The van der Waals surface area contributed by atoms with Crippen molar-refractivity contribution in [3.05, 3.63) is 10.6 Å². The highest BCUT2D eigenvalue weighted by Gasteiger charge is 2.47. The molecule has 7 heteroatoms. The summed E-state index contributed by atoms with van der Waals surface area (Å²) in [5.74, 6) is -1.37. The van der Waals surface area contributed by atoms with Crippen LogP contribution in [0.1, 0.15) is 19.8 Å². The number of carbonyl (C=O) groups excluding carboxylic acids is 2. The number of thioether (sulfide) groups is 1. The summed E-state index contributed by atoms with van der Waals surface area (Å²) in [7, 11) is 0. The van der Waals surface area contributed by atoms with E-state index in [2.05, 4.69) is 5.32 Å². The lowest BCUT2D eigenvalue weighted by atomic mass is 10.1. The number of amides is 2. The molecule has 1 atom stereocenters. The van der Waals surface area contributed by atoms with Crippen LogP contribution >= 0.6 is 11.8 Å². The smallest absolute Gasteiger partial charge is 0.353 e. The maximum absolute atomic E-state index is 11.3. The molecule has 0 radical (unpaired) electrons. The lowest BCUT2D eigenvalue weighted by molar-refractivity contribution is -0.145. The predicted octanol–water partition coefficient (Wildman–Crippen LogP) is 0.114. The Bertz CT molecular complexity index is 432. The van der Waals surface area contributed by atoms with Crippen LogP contribution in [0.5, 0.6) is 0 Å². The van der Waals surface area contributed by atoms with E-state index in [0.717, 1.165) is 0 Å². The number of carbonyl (C=O) groups is 3. The molecule has 2 heterocycles. The van der Waals surface area contributed by atoms with Gasteiger partial charge in [-0.05, 0) is 6.42 Å². The third-order valence-corrected chi connectivity index (χ3v) is 3.95. The molecule has 2 aliphatic rings. The number of carboxylic acids is 1. The van der Waals surface area contributed by atoms with E-state index in [1.807, 2.05) is 0 Å². The van der Waals surface area contributed by atoms with Crippen LogP contribution in [-0.4, -0.2) is 39.7 Å². The molecule has 1 saturated heterocycles. The zero-order valence-corrected chi connectivity index (χ0v) is 10.0. The quantitative estimate of drug-likeness (QED) is 0.697. The number of nitrogens with zero attached hydrogens (tertiary/aromatic N) is 1. The number of β-lactam (4-membered cyclic amide) rings is 1. The van der Waals surface area contributed by atoms with Crippen molar-refractivity contribution < 1.29 is 19.5 Å². The minimum Gasteiger partial charge on any atom is -0.477 e. The molecular weight excluding hydrogens is 244 g/mol. The molecule has 2 N–H and O–H groups in total. The molecule has 92 valence electrons. The monoisotopic (exact) mass is 256 g/mol. The Kier molecular flexibility index (Phi) is 3.10. The SMILES string of the molecule is CC(=O)NCCC1=C(C(=O)O)N2C(=O)CC2S1. The molecular formula is C10H12N2O4S. The van der Waals surface area contributed by atoms with Gasteiger partial charge in [0.15, 0.2) is 0 Å². The van der Waals surface area contributed by atoms with Crippen molar-refractivity contribution in [3.63, 3.8) is 0 Å². The molecule has 0 aromatic rings. The number of rotatable bonds is 4. The first-order valence-electron chi connectivity index (χ1n) is 5.20. The van der Waals surface area contributed by atoms with Gasteiger partial charge in [0.1, 0.15) is 5.70 Å². The zero-order chi connectivity index (χ0) is 12.6. The Morgan fingerprint density at radius 1 is 1.59 bits per heavy atom. The van der Waals surface area contributed by atoms with Crippen LogP contribution in [-0.2, 0) is 14.4 Å². The summed E-state index contributed by atoms with van der Waals surface area (Å²) in [4.78, 5) is 35.1. The van der Waals surface area contributed by atoms with Crippen molar-refractivity contribution >= 4 is 29.5 Å². The molecule has 2 aliphatic heterocycles. The van der Waals surface area contributed by atoms with E-state index in [1.54, 1.807) is 0 Å². The van der Waals surface area contributed by atoms with Crippen LogP contribution < -0.4 is 5.32 Å². The highest BCUT2D eigenvalue weighted by molar-refractivity contribution is 8.04. The van der Waals surface area contributed by atoms with Gasteiger partial charge in [-0.15, -0.1) is 11.8 Å². The summed E-state index contributed by atoms with van der Waals surface area (Å²) in [6.45, 7) is 1.80. The Morgan fingerprint density at radius 2 is 2.29 bits per heavy atom. The molecule has 17 heavy (non-hydrogen) atoms. The van der Waals surface area contributed by atoms with Crippen molar-refractivity contribution in [3.8, 4) is 0 Å². The summed E-state index contributed by atoms with van der Waals surface area (Å²) >= 11 is 1.40. The summed E-state index contributed by atoms with van der Waals surface area (Å²) in [5.41, 5.74) is 0.0848. The molecule has 1 unspecified atom stereocenters. The first kappa shape index (κ1) is 12.0. The average Bonchev–Trinajstić information content (AvgIpc) is 2.50. The van der Waals surface area contributed by atoms with Crippen molar-refractivity contribution in [1.82, 2.24) is 10.2 Å². The fraction of sp³-hybridized carbons (Fsp3) is 0.500. The average molecular weight is 256 g/mol. The molecule has 2 amide bonds. The van der Waals surface area contributed by atoms with Crippen LogP contribution in [0.15, 0.2) is 10.6 Å². The number of aliphatic carboxylic acids is 1. The minimum atomic E-state index is -1.08. The zero-order valence-electron chi connectivity index (χ0n) is 9.23. The molecule has 0 aliphatic carbocycles. The van der Waals surface area contributed by atoms with Gasteiger partial charge in [0.2, 0.25) is 11.8 Å². The number of carboxylic acid groups (broad SMARTS) is 1. The van der Waals surface area contributed by atoms with Crippen molar-refractivity contribution in [2.45, 2.75) is 25.1 Å². The summed E-state index contributed by atoms with van der Waals surface area (Å²) in [5, 5.41) is 11.6. The summed E-state index contributed by atoms with van der Waals surface area (Å²) < 4.78 is 0. The molecule has 6 nitrogen and oxygen atoms in total. The fourth-order valence-electron chi connectivity index (χ4n) is 1.86. The molecule has 2 rings (SSSR count). The third-order valence-electron chi connectivity index (χ3n) is 2.62. The van der Waals surface area contributed by atoms with Crippen LogP contribution in [0, 0.1) is 0 Å². The molecule has 1 fully saturated rings. The van der Waals surface area contributed by atoms with Gasteiger partial charge in [-0.3, -0.25) is 14.5 Å². The number of nitrogens with one attached hydrogen (secondary N) is 1. The van der Waals surface area contributed by atoms with Gasteiger partial charge in [0.05, 0.1) is 11.8 Å². The van der Waals surface area contributed by atoms with Crippen LogP contribution in [0.4, 0.5) is 0 Å². The van der Waals surface area contributed by atoms with E-state index in [4.69, 9.17) is 5.11 Å². The molecule has 0 aromatic carbocycles. The first-order chi connectivity index (χ1) is 8.00. The van der Waals surface area contributed by atoms with Crippen molar-refractivity contribution in [2.24, 2.45) is 0 Å². The van der Waals surface area contributed by atoms with Crippen molar-refractivity contribution in [2.75, 3.05) is 6.54 Å². The van der Waals surface area contributed by atoms with E-state index in [1.165, 1.54) is 23.6 Å². The normalized spacial score (nSPS) is 22.3. The first-order valence-corrected chi connectivity index (χ1v) is 6.08. The van der Waals surface area contributed by atoms with Gasteiger partial charge in [-0.2, -0.15) is 0 Å². The molecule has 0 spiro atoms. The van der Waals surface area contributed by atoms with Gasteiger partial charge in [0.25, 0.3) is 0 Å². The maximum Gasteiger partial charge on any atom is 0.353 e. The van der Waals surface area contributed by atoms with E-state index in [0.29, 0.717) is 24.3 Å². The van der Waals surface area contributed by atoms with Gasteiger partial charge < -0.3 is 10.4 Å². The number of hydrogen-bond donors (Lipinski definition) is 2. The second kappa shape index (κ2) is 4.40. The highest BCUT2D eigenvalue weighted by atomic mass is 32.2. The van der Waals surface area contributed by atoms with Gasteiger partial charge >= 0.3 is 5.97 Å². The Labute approximate surface area is 102 Å². The topological polar surface area (TPSA) is 86.7 Å². The lowest BCUT2D eigenvalue weighted by Gasteiger charge is -2.33. The second-order valence-electron chi connectivity index (χ2n) is 3.85. The summed E-state index contributed by atoms with van der Waals surface area (Å²) in [6, 6.07) is 0. The van der Waals surface area contributed by atoms with Crippen LogP contribution in [0.3, 0.4) is 0 Å². The Morgan fingerprint density at radius 3 is 2.82 bits per heavy atom. The fourth-order valence-corrected chi connectivity index (χ4v) is 3.26. The van der Waals surface area contributed by atoms with E-state index < -0.39 is 5.97 Å². The van der Waals surface area contributed by atoms with E-state index in [-0.39, 0.29) is 22.9 Å². The molecule has 0 saturated carbocycles. The van der Waals surface area contributed by atoms with E-state index >= 15 is 0 Å². The Balaban J connectivity index is 2.07. The molecule has 0 aromatic heterocycles. The molecule has 0 bridgehead atoms. The van der Waals surface area contributed by atoms with Gasteiger partial charge in [-0.25, -0.2) is 4.79 Å². The second-order valence-corrected chi connectivity index (χ2v) is 5.12. The summed E-state index contributed by atoms with van der Waals surface area (Å²) in [6.07, 6.45) is 0.844. The van der Waals surface area contributed by atoms with Crippen LogP contribution in [0.25, 0.3) is 0 Å². The minimum absolute atomic E-state index is 0.0547. The number of fused-ring (bicyclic) bond motifs is 1. The highest BCUT2D eigenvalue weighted by Crippen LogP contribution is 2.47. The van der Waals surface area contributed by atoms with Gasteiger partial charge in [0, 0.05) is 18.4 Å². The van der Waals surface area contributed by atoms with Crippen molar-refractivity contribution in [1.29, 1.82) is 0 Å². The number of hydrogen-bond acceptors (Lipinski definition) is 4. The lowest BCUT2D eigenvalue weighted by Crippen LogP contribution is -2.48. The Hall–Kier alpha value is -1.50.